The van der Waals surface area contributed by atoms with E-state index < -0.39 is 0 Å². The fourth-order valence-corrected chi connectivity index (χ4v) is 4.66. The van der Waals surface area contributed by atoms with E-state index in [9.17, 15) is 4.79 Å². The monoisotopic (exact) mass is 344 g/mol. The summed E-state index contributed by atoms with van der Waals surface area (Å²) in [5, 5.41) is 0. The van der Waals surface area contributed by atoms with Crippen molar-refractivity contribution in [2.45, 2.75) is 77.0 Å². The Kier molecular flexibility index (Phi) is 5.38. The van der Waals surface area contributed by atoms with Crippen LogP contribution in [0.1, 0.15) is 58.4 Å². The molecule has 0 spiro atoms. The van der Waals surface area contributed by atoms with Gasteiger partial charge in [-0.15, -0.1) is 0 Å². The van der Waals surface area contributed by atoms with Gasteiger partial charge in [0.1, 0.15) is 5.75 Å². The molecule has 4 heteroatoms. The number of likely N-dealkylation sites (tertiary alicyclic amines) is 2. The van der Waals surface area contributed by atoms with E-state index in [1.54, 1.807) is 7.11 Å². The molecule has 0 radical (unpaired) electrons. The molecule has 2 saturated heterocycles. The number of carbonyl (C=O) groups excluding carboxylic acids is 1. The van der Waals surface area contributed by atoms with Gasteiger partial charge >= 0.3 is 0 Å². The van der Waals surface area contributed by atoms with Gasteiger partial charge in [0, 0.05) is 31.6 Å². The van der Waals surface area contributed by atoms with Crippen LogP contribution in [0, 0.1) is 0 Å². The maximum absolute atomic E-state index is 13.0. The van der Waals surface area contributed by atoms with Crippen LogP contribution in [-0.2, 0) is 11.3 Å². The standard InChI is InChI=1S/C21H32N2O2/c1-16(2)22-14-13-21(3)19(22)7-5-6-8-20(24)23(21)15-17-9-11-18(25-4)12-10-17/h9-12,16,19H,5-8,13-15H2,1-4H3/t19-,21-/m1/s1. The van der Waals surface area contributed by atoms with E-state index in [0.29, 0.717) is 31.0 Å². The Morgan fingerprint density at radius 3 is 2.60 bits per heavy atom. The van der Waals surface area contributed by atoms with E-state index in [1.165, 1.54) is 12.0 Å². The zero-order valence-corrected chi connectivity index (χ0v) is 16.1. The van der Waals surface area contributed by atoms with E-state index in [-0.39, 0.29) is 5.54 Å². The predicted octanol–water partition coefficient (Wildman–Crippen LogP) is 3.84. The Labute approximate surface area is 152 Å². The number of rotatable bonds is 4. The van der Waals surface area contributed by atoms with Crippen molar-refractivity contribution in [3.05, 3.63) is 29.8 Å². The first kappa shape index (κ1) is 18.2. The molecule has 2 atom stereocenters. The minimum Gasteiger partial charge on any atom is -0.497 e. The van der Waals surface area contributed by atoms with Crippen molar-refractivity contribution in [2.24, 2.45) is 0 Å². The van der Waals surface area contributed by atoms with Gasteiger partial charge in [-0.05, 0) is 57.7 Å². The van der Waals surface area contributed by atoms with E-state index in [1.807, 2.05) is 12.1 Å². The summed E-state index contributed by atoms with van der Waals surface area (Å²) in [6.45, 7) is 8.65. The normalized spacial score (nSPS) is 28.0. The smallest absolute Gasteiger partial charge is 0.223 e. The zero-order chi connectivity index (χ0) is 18.0. The lowest BCUT2D eigenvalue weighted by Gasteiger charge is -2.46. The van der Waals surface area contributed by atoms with Crippen molar-refractivity contribution in [3.8, 4) is 5.75 Å². The SMILES string of the molecule is COc1ccc(CN2C(=O)CCCC[C@H]3N(C(C)C)CC[C@]32C)cc1. The first-order valence-electron chi connectivity index (χ1n) is 9.65. The average molecular weight is 344 g/mol. The van der Waals surface area contributed by atoms with Crippen LogP contribution < -0.4 is 4.74 Å². The largest absolute Gasteiger partial charge is 0.497 e. The molecule has 2 aliphatic heterocycles. The van der Waals surface area contributed by atoms with Crippen molar-refractivity contribution in [1.82, 2.24) is 9.80 Å². The number of hydrogen-bond acceptors (Lipinski definition) is 3. The molecule has 0 unspecified atom stereocenters. The lowest BCUT2D eigenvalue weighted by Crippen LogP contribution is -2.58. The molecule has 2 fully saturated rings. The number of hydrogen-bond donors (Lipinski definition) is 0. The van der Waals surface area contributed by atoms with E-state index in [0.717, 1.165) is 31.6 Å². The van der Waals surface area contributed by atoms with Crippen LogP contribution in [0.4, 0.5) is 0 Å². The number of fused-ring (bicyclic) bond motifs is 1. The quantitative estimate of drug-likeness (QED) is 0.832. The summed E-state index contributed by atoms with van der Waals surface area (Å²) in [6, 6.07) is 9.13. The lowest BCUT2D eigenvalue weighted by atomic mass is 9.84. The van der Waals surface area contributed by atoms with E-state index in [4.69, 9.17) is 4.74 Å². The summed E-state index contributed by atoms with van der Waals surface area (Å²) in [6.07, 6.45) is 5.11. The Balaban J connectivity index is 1.88. The van der Waals surface area contributed by atoms with Crippen molar-refractivity contribution in [1.29, 1.82) is 0 Å². The van der Waals surface area contributed by atoms with E-state index in [2.05, 4.69) is 42.7 Å². The second-order valence-corrected chi connectivity index (χ2v) is 8.03. The van der Waals surface area contributed by atoms with Crippen molar-refractivity contribution < 1.29 is 9.53 Å². The molecule has 0 N–H and O–H groups in total. The molecule has 25 heavy (non-hydrogen) atoms. The third kappa shape index (κ3) is 3.55. The molecule has 3 rings (SSSR count). The summed E-state index contributed by atoms with van der Waals surface area (Å²) in [5.74, 6) is 1.17. The van der Waals surface area contributed by atoms with Gasteiger partial charge in [-0.1, -0.05) is 18.6 Å². The first-order valence-corrected chi connectivity index (χ1v) is 9.65. The van der Waals surface area contributed by atoms with Crippen LogP contribution in [0.5, 0.6) is 5.75 Å². The summed E-state index contributed by atoms with van der Waals surface area (Å²) in [4.78, 5) is 17.8. The molecule has 0 bridgehead atoms. The maximum Gasteiger partial charge on any atom is 0.223 e. The van der Waals surface area contributed by atoms with Crippen LogP contribution >= 0.6 is 0 Å². The number of amides is 1. The Hall–Kier alpha value is -1.55. The van der Waals surface area contributed by atoms with Crippen molar-refractivity contribution in [3.63, 3.8) is 0 Å². The van der Waals surface area contributed by atoms with Crippen LogP contribution in [-0.4, -0.2) is 47.0 Å². The van der Waals surface area contributed by atoms with Crippen molar-refractivity contribution in [2.75, 3.05) is 13.7 Å². The minimum atomic E-state index is -0.0678. The fraction of sp³-hybridized carbons (Fsp3) is 0.667. The molecule has 0 aliphatic carbocycles. The number of benzene rings is 1. The van der Waals surface area contributed by atoms with Gasteiger partial charge in [0.15, 0.2) is 0 Å². The minimum absolute atomic E-state index is 0.0678. The summed E-state index contributed by atoms with van der Waals surface area (Å²) in [7, 11) is 1.68. The molecular weight excluding hydrogens is 312 g/mol. The van der Waals surface area contributed by atoms with Gasteiger partial charge in [-0.2, -0.15) is 0 Å². The Morgan fingerprint density at radius 1 is 1.24 bits per heavy atom. The van der Waals surface area contributed by atoms with Gasteiger partial charge in [-0.25, -0.2) is 0 Å². The van der Waals surface area contributed by atoms with Gasteiger partial charge in [0.25, 0.3) is 0 Å². The molecule has 1 amide bonds. The second-order valence-electron chi connectivity index (χ2n) is 8.03. The highest BCUT2D eigenvalue weighted by atomic mass is 16.5. The molecule has 1 aromatic carbocycles. The summed E-state index contributed by atoms with van der Waals surface area (Å²) < 4.78 is 5.26. The second kappa shape index (κ2) is 7.36. The molecular formula is C21H32N2O2. The number of ether oxygens (including phenoxy) is 1. The summed E-state index contributed by atoms with van der Waals surface area (Å²) in [5.41, 5.74) is 1.11. The zero-order valence-electron chi connectivity index (χ0n) is 16.1. The Bertz CT molecular complexity index is 598. The molecule has 0 aromatic heterocycles. The highest BCUT2D eigenvalue weighted by Crippen LogP contribution is 2.40. The van der Waals surface area contributed by atoms with Gasteiger partial charge in [0.2, 0.25) is 5.91 Å². The third-order valence-electron chi connectivity index (χ3n) is 6.19. The highest BCUT2D eigenvalue weighted by molar-refractivity contribution is 5.77. The average Bonchev–Trinajstić information content (AvgIpc) is 2.93. The van der Waals surface area contributed by atoms with E-state index >= 15 is 0 Å². The summed E-state index contributed by atoms with van der Waals surface area (Å²) >= 11 is 0. The number of methoxy groups -OCH3 is 1. The topological polar surface area (TPSA) is 32.8 Å². The van der Waals surface area contributed by atoms with Gasteiger partial charge < -0.3 is 9.64 Å². The third-order valence-corrected chi connectivity index (χ3v) is 6.19. The Morgan fingerprint density at radius 2 is 1.96 bits per heavy atom. The molecule has 2 heterocycles. The fourth-order valence-electron chi connectivity index (χ4n) is 4.66. The van der Waals surface area contributed by atoms with Crippen molar-refractivity contribution >= 4 is 5.91 Å². The van der Waals surface area contributed by atoms with Crippen LogP contribution in [0.15, 0.2) is 24.3 Å². The maximum atomic E-state index is 13.0. The molecule has 4 nitrogen and oxygen atoms in total. The van der Waals surface area contributed by atoms with Crippen LogP contribution in [0.25, 0.3) is 0 Å². The number of carbonyl (C=O) groups is 1. The predicted molar refractivity (Wildman–Crippen MR) is 101 cm³/mol. The molecule has 138 valence electrons. The van der Waals surface area contributed by atoms with Gasteiger partial charge in [0.05, 0.1) is 12.6 Å². The molecule has 0 saturated carbocycles. The lowest BCUT2D eigenvalue weighted by molar-refractivity contribution is -0.140. The molecule has 2 aliphatic rings. The van der Waals surface area contributed by atoms with Gasteiger partial charge in [-0.3, -0.25) is 9.69 Å². The number of nitrogens with zero attached hydrogens (tertiary/aromatic N) is 2. The highest BCUT2D eigenvalue weighted by Gasteiger charge is 2.50. The molecule has 1 aromatic rings. The van der Waals surface area contributed by atoms with Crippen LogP contribution in [0.3, 0.4) is 0 Å². The first-order chi connectivity index (χ1) is 12.0. The van der Waals surface area contributed by atoms with Crippen LogP contribution in [0.2, 0.25) is 0 Å².